The Labute approximate surface area is 112 Å². The van der Waals surface area contributed by atoms with Gasteiger partial charge >= 0.3 is 8.56 Å². The number of ether oxygens (including phenoxy) is 2. The molecule has 1 atom stereocenters. The van der Waals surface area contributed by atoms with E-state index < -0.39 is 8.56 Å². The first-order chi connectivity index (χ1) is 8.76. The fourth-order valence-electron chi connectivity index (χ4n) is 2.04. The normalized spacial score (nSPS) is 19.2. The van der Waals surface area contributed by atoms with Gasteiger partial charge in [0.15, 0.2) is 0 Å². The van der Waals surface area contributed by atoms with Gasteiger partial charge in [0.2, 0.25) is 0 Å². The predicted octanol–water partition coefficient (Wildman–Crippen LogP) is 2.72. The van der Waals surface area contributed by atoms with Gasteiger partial charge in [-0.2, -0.15) is 0 Å². The zero-order valence-corrected chi connectivity index (χ0v) is 13.1. The van der Waals surface area contributed by atoms with E-state index in [0.29, 0.717) is 6.10 Å². The summed E-state index contributed by atoms with van der Waals surface area (Å²) in [5.41, 5.74) is 0. The van der Waals surface area contributed by atoms with Crippen molar-refractivity contribution in [3.8, 4) is 0 Å². The van der Waals surface area contributed by atoms with Crippen LogP contribution in [0.1, 0.15) is 32.6 Å². The summed E-state index contributed by atoms with van der Waals surface area (Å²) in [6.07, 6.45) is 4.99. The van der Waals surface area contributed by atoms with E-state index in [1.165, 1.54) is 12.8 Å². The molecular formula is C13H28O4Si. The molecule has 108 valence electrons. The molecule has 1 aliphatic rings. The first kappa shape index (κ1) is 16.1. The molecule has 1 rings (SSSR count). The molecule has 5 heteroatoms. The highest BCUT2D eigenvalue weighted by molar-refractivity contribution is 6.67. The van der Waals surface area contributed by atoms with E-state index in [-0.39, 0.29) is 0 Å². The van der Waals surface area contributed by atoms with Gasteiger partial charge in [-0.1, -0.05) is 19.8 Å². The average Bonchev–Trinajstić information content (AvgIpc) is 3.22. The first-order valence-corrected chi connectivity index (χ1v) is 9.29. The molecule has 0 aromatic heterocycles. The maximum Gasteiger partial charge on any atom is 0.337 e. The lowest BCUT2D eigenvalue weighted by Crippen LogP contribution is -2.39. The molecular weight excluding hydrogens is 248 g/mol. The topological polar surface area (TPSA) is 40.2 Å². The number of epoxide rings is 1. The van der Waals surface area contributed by atoms with E-state index in [1.54, 1.807) is 14.2 Å². The summed E-state index contributed by atoms with van der Waals surface area (Å²) in [5.74, 6) is 0. The summed E-state index contributed by atoms with van der Waals surface area (Å²) in [6, 6.07) is 2.18. The Bertz CT molecular complexity index is 205. The Morgan fingerprint density at radius 1 is 1.11 bits per heavy atom. The highest BCUT2D eigenvalue weighted by atomic mass is 28.4. The van der Waals surface area contributed by atoms with Crippen LogP contribution in [-0.4, -0.2) is 48.7 Å². The van der Waals surface area contributed by atoms with Gasteiger partial charge in [-0.3, -0.25) is 0 Å². The van der Waals surface area contributed by atoms with Gasteiger partial charge in [0.05, 0.1) is 13.2 Å². The van der Waals surface area contributed by atoms with Crippen LogP contribution >= 0.6 is 0 Å². The highest BCUT2D eigenvalue weighted by Gasteiger charge is 2.33. The Kier molecular flexibility index (Phi) is 8.09. The maximum atomic E-state index is 5.70. The summed E-state index contributed by atoms with van der Waals surface area (Å²) in [4.78, 5) is 0. The zero-order chi connectivity index (χ0) is 13.3. The maximum absolute atomic E-state index is 5.70. The second-order valence-electron chi connectivity index (χ2n) is 4.91. The van der Waals surface area contributed by atoms with Gasteiger partial charge in [0.25, 0.3) is 0 Å². The monoisotopic (exact) mass is 276 g/mol. The predicted molar refractivity (Wildman–Crippen MR) is 74.1 cm³/mol. The lowest BCUT2D eigenvalue weighted by molar-refractivity contribution is 0.113. The van der Waals surface area contributed by atoms with Gasteiger partial charge in [0.1, 0.15) is 6.10 Å². The Morgan fingerprint density at radius 2 is 1.78 bits per heavy atom. The molecule has 1 unspecified atom stereocenters. The molecule has 0 aliphatic carbocycles. The second-order valence-corrected chi connectivity index (χ2v) is 8.55. The molecule has 0 aromatic rings. The van der Waals surface area contributed by atoms with Crippen molar-refractivity contribution in [3.63, 3.8) is 0 Å². The standard InChI is InChI=1S/C13H28O4Si/c1-4-5-9-18(14-2,15-3)10-7-6-8-16-11-13-12-17-13/h13H,4-12H2,1-3H3. The van der Waals surface area contributed by atoms with Gasteiger partial charge in [-0.25, -0.2) is 0 Å². The van der Waals surface area contributed by atoms with Crippen molar-refractivity contribution >= 4 is 8.56 Å². The second kappa shape index (κ2) is 9.04. The average molecular weight is 276 g/mol. The summed E-state index contributed by atoms with van der Waals surface area (Å²) in [7, 11) is 1.68. The zero-order valence-electron chi connectivity index (χ0n) is 12.1. The van der Waals surface area contributed by atoms with Crippen LogP contribution in [0.2, 0.25) is 12.1 Å². The molecule has 0 amide bonds. The summed E-state index contributed by atoms with van der Waals surface area (Å²) in [5, 5.41) is 0. The molecule has 1 aliphatic heterocycles. The Morgan fingerprint density at radius 3 is 2.33 bits per heavy atom. The van der Waals surface area contributed by atoms with E-state index in [4.69, 9.17) is 18.3 Å². The third kappa shape index (κ3) is 6.29. The summed E-state index contributed by atoms with van der Waals surface area (Å²) in [6.45, 7) is 4.66. The highest BCUT2D eigenvalue weighted by Crippen LogP contribution is 2.23. The third-order valence-electron chi connectivity index (χ3n) is 3.46. The Balaban J connectivity index is 2.07. The van der Waals surface area contributed by atoms with E-state index in [0.717, 1.165) is 44.8 Å². The van der Waals surface area contributed by atoms with Gasteiger partial charge in [0, 0.05) is 20.8 Å². The molecule has 0 bridgehead atoms. The number of unbranched alkanes of at least 4 members (excludes halogenated alkanes) is 2. The molecule has 1 fully saturated rings. The van der Waals surface area contributed by atoms with Crippen molar-refractivity contribution in [3.05, 3.63) is 0 Å². The number of rotatable bonds is 12. The van der Waals surface area contributed by atoms with Crippen molar-refractivity contribution < 1.29 is 18.3 Å². The lowest BCUT2D eigenvalue weighted by atomic mass is 10.3. The van der Waals surface area contributed by atoms with E-state index in [1.807, 2.05) is 0 Å². The third-order valence-corrected chi connectivity index (χ3v) is 7.18. The molecule has 0 N–H and O–H groups in total. The van der Waals surface area contributed by atoms with Crippen LogP contribution in [0.3, 0.4) is 0 Å². The molecule has 18 heavy (non-hydrogen) atoms. The van der Waals surface area contributed by atoms with Crippen molar-refractivity contribution in [2.45, 2.75) is 50.8 Å². The Hall–Kier alpha value is 0.0569. The molecule has 0 radical (unpaired) electrons. The SMILES string of the molecule is CCCC[Si](CCCCOCC1CO1)(OC)OC. The minimum atomic E-state index is -1.91. The van der Waals surface area contributed by atoms with Crippen molar-refractivity contribution in [1.29, 1.82) is 0 Å². The van der Waals surface area contributed by atoms with Crippen LogP contribution in [0.25, 0.3) is 0 Å². The van der Waals surface area contributed by atoms with Crippen molar-refractivity contribution in [1.82, 2.24) is 0 Å². The van der Waals surface area contributed by atoms with Crippen LogP contribution in [0, 0.1) is 0 Å². The molecule has 0 spiro atoms. The first-order valence-electron chi connectivity index (χ1n) is 7.06. The van der Waals surface area contributed by atoms with E-state index in [2.05, 4.69) is 6.92 Å². The molecule has 4 nitrogen and oxygen atoms in total. The van der Waals surface area contributed by atoms with Crippen LogP contribution in [0.4, 0.5) is 0 Å². The molecule has 0 saturated carbocycles. The largest absolute Gasteiger partial charge is 0.398 e. The van der Waals surface area contributed by atoms with Crippen LogP contribution in [-0.2, 0) is 18.3 Å². The van der Waals surface area contributed by atoms with Crippen molar-refractivity contribution in [2.24, 2.45) is 0 Å². The van der Waals surface area contributed by atoms with Crippen molar-refractivity contribution in [2.75, 3.05) is 34.0 Å². The number of hydrogen-bond acceptors (Lipinski definition) is 4. The summed E-state index contributed by atoms with van der Waals surface area (Å²) >= 11 is 0. The fourth-order valence-corrected chi connectivity index (χ4v) is 4.95. The van der Waals surface area contributed by atoms with Gasteiger partial charge < -0.3 is 18.3 Å². The minimum absolute atomic E-state index is 0.376. The van der Waals surface area contributed by atoms with Crippen LogP contribution in [0.15, 0.2) is 0 Å². The van der Waals surface area contributed by atoms with E-state index in [9.17, 15) is 0 Å². The lowest BCUT2D eigenvalue weighted by Gasteiger charge is -2.27. The van der Waals surface area contributed by atoms with Gasteiger partial charge in [-0.05, 0) is 24.9 Å². The van der Waals surface area contributed by atoms with Gasteiger partial charge in [-0.15, -0.1) is 0 Å². The summed E-state index contributed by atoms with van der Waals surface area (Å²) < 4.78 is 22.0. The fraction of sp³-hybridized carbons (Fsp3) is 1.00. The molecule has 1 heterocycles. The van der Waals surface area contributed by atoms with E-state index >= 15 is 0 Å². The molecule has 1 saturated heterocycles. The van der Waals surface area contributed by atoms with Crippen LogP contribution < -0.4 is 0 Å². The number of hydrogen-bond donors (Lipinski definition) is 0. The van der Waals surface area contributed by atoms with Crippen LogP contribution in [0.5, 0.6) is 0 Å². The quantitative estimate of drug-likeness (QED) is 0.312. The minimum Gasteiger partial charge on any atom is -0.398 e. The molecule has 0 aromatic carbocycles. The smallest absolute Gasteiger partial charge is 0.337 e.